The van der Waals surface area contributed by atoms with Crippen LogP contribution in [0, 0.1) is 5.92 Å². The Kier molecular flexibility index (Phi) is 5.11. The summed E-state index contributed by atoms with van der Waals surface area (Å²) in [7, 11) is 1.58. The third-order valence-corrected chi connectivity index (χ3v) is 4.10. The van der Waals surface area contributed by atoms with Crippen LogP contribution < -0.4 is 11.1 Å². The summed E-state index contributed by atoms with van der Waals surface area (Å²) in [6, 6.07) is 14.6. The van der Waals surface area contributed by atoms with Crippen molar-refractivity contribution in [1.29, 1.82) is 0 Å². The van der Waals surface area contributed by atoms with Crippen LogP contribution in [0.25, 0.3) is 11.1 Å². The van der Waals surface area contributed by atoms with Crippen molar-refractivity contribution in [2.45, 2.75) is 19.6 Å². The lowest BCUT2D eigenvalue weighted by Gasteiger charge is -2.19. The summed E-state index contributed by atoms with van der Waals surface area (Å²) in [6.45, 7) is 2.12. The monoisotopic (exact) mass is 339 g/mol. The number of rotatable bonds is 6. The first-order valence-corrected chi connectivity index (χ1v) is 8.08. The third-order valence-electron chi connectivity index (χ3n) is 4.10. The molecule has 0 aliphatic heterocycles. The second-order valence-corrected chi connectivity index (χ2v) is 5.94. The Morgan fingerprint density at radius 2 is 2.04 bits per heavy atom. The lowest BCUT2D eigenvalue weighted by molar-refractivity contribution is -0.120. The molecule has 0 aliphatic carbocycles. The zero-order chi connectivity index (χ0) is 17.8. The number of fused-ring (bicyclic) bond motifs is 1. The Morgan fingerprint density at radius 1 is 1.28 bits per heavy atom. The molecule has 130 valence electrons. The smallest absolute Gasteiger partial charge is 0.229 e. The van der Waals surface area contributed by atoms with Crippen molar-refractivity contribution in [2.24, 2.45) is 11.7 Å². The van der Waals surface area contributed by atoms with Gasteiger partial charge in [-0.2, -0.15) is 0 Å². The number of aromatic nitrogens is 1. The van der Waals surface area contributed by atoms with Gasteiger partial charge < -0.3 is 20.2 Å². The van der Waals surface area contributed by atoms with Crippen LogP contribution >= 0.6 is 0 Å². The predicted octanol–water partition coefficient (Wildman–Crippen LogP) is 3.25. The van der Waals surface area contributed by atoms with Crippen LogP contribution in [0.3, 0.4) is 0 Å². The molecule has 0 bridgehead atoms. The van der Waals surface area contributed by atoms with E-state index in [1.54, 1.807) is 25.3 Å². The molecule has 2 atom stereocenters. The summed E-state index contributed by atoms with van der Waals surface area (Å²) in [5, 5.41) is 2.89. The van der Waals surface area contributed by atoms with E-state index in [1.165, 1.54) is 0 Å². The van der Waals surface area contributed by atoms with Crippen LogP contribution in [-0.4, -0.2) is 18.0 Å². The SMILES string of the molecule is COCc1nc2cc(NC(=O)C(C)C(N)c3ccccc3)ccc2o1. The number of hydrogen-bond acceptors (Lipinski definition) is 5. The fraction of sp³-hybridized carbons (Fsp3) is 0.263. The molecule has 1 heterocycles. The highest BCUT2D eigenvalue weighted by Gasteiger charge is 2.22. The van der Waals surface area contributed by atoms with Gasteiger partial charge in [0, 0.05) is 18.8 Å². The number of carbonyl (C=O) groups excluding carboxylic acids is 1. The average molecular weight is 339 g/mol. The van der Waals surface area contributed by atoms with Gasteiger partial charge in [-0.1, -0.05) is 37.3 Å². The van der Waals surface area contributed by atoms with Gasteiger partial charge in [-0.3, -0.25) is 4.79 Å². The minimum atomic E-state index is -0.376. The quantitative estimate of drug-likeness (QED) is 0.719. The van der Waals surface area contributed by atoms with E-state index >= 15 is 0 Å². The van der Waals surface area contributed by atoms with Crippen LogP contribution in [0.15, 0.2) is 52.9 Å². The van der Waals surface area contributed by atoms with E-state index in [9.17, 15) is 4.79 Å². The Hall–Kier alpha value is -2.70. The standard InChI is InChI=1S/C19H21N3O3/c1-12(18(20)13-6-4-3-5-7-13)19(23)21-14-8-9-16-15(10-14)22-17(25-16)11-24-2/h3-10,12,18H,11,20H2,1-2H3,(H,21,23). The van der Waals surface area contributed by atoms with Crippen molar-refractivity contribution in [3.05, 3.63) is 60.0 Å². The van der Waals surface area contributed by atoms with Gasteiger partial charge in [-0.15, -0.1) is 0 Å². The van der Waals surface area contributed by atoms with Gasteiger partial charge in [0.15, 0.2) is 5.58 Å². The first kappa shape index (κ1) is 17.1. The number of amides is 1. The number of ether oxygens (including phenoxy) is 1. The molecule has 0 radical (unpaired) electrons. The Bertz CT molecular complexity index is 861. The van der Waals surface area contributed by atoms with Crippen molar-refractivity contribution in [2.75, 3.05) is 12.4 Å². The molecule has 0 saturated heterocycles. The van der Waals surface area contributed by atoms with Gasteiger partial charge in [-0.25, -0.2) is 4.98 Å². The van der Waals surface area contributed by atoms with Gasteiger partial charge in [-0.05, 0) is 23.8 Å². The number of nitrogens with one attached hydrogen (secondary N) is 1. The van der Waals surface area contributed by atoms with Crippen LogP contribution in [0.4, 0.5) is 5.69 Å². The maximum absolute atomic E-state index is 12.5. The van der Waals surface area contributed by atoms with Crippen molar-refractivity contribution < 1.29 is 13.9 Å². The number of methoxy groups -OCH3 is 1. The third kappa shape index (κ3) is 3.87. The summed E-state index contributed by atoms with van der Waals surface area (Å²) in [6.07, 6.45) is 0. The van der Waals surface area contributed by atoms with Gasteiger partial charge in [0.2, 0.25) is 11.8 Å². The molecule has 6 heteroatoms. The zero-order valence-electron chi connectivity index (χ0n) is 14.2. The summed E-state index contributed by atoms with van der Waals surface area (Å²) < 4.78 is 10.6. The topological polar surface area (TPSA) is 90.4 Å². The number of anilines is 1. The Labute approximate surface area is 146 Å². The number of benzene rings is 2. The molecular formula is C19H21N3O3. The minimum Gasteiger partial charge on any atom is -0.438 e. The van der Waals surface area contributed by atoms with E-state index in [0.29, 0.717) is 29.3 Å². The molecule has 0 fully saturated rings. The molecule has 1 amide bonds. The van der Waals surface area contributed by atoms with Crippen molar-refractivity contribution >= 4 is 22.7 Å². The Morgan fingerprint density at radius 3 is 2.76 bits per heavy atom. The van der Waals surface area contributed by atoms with Gasteiger partial charge in [0.25, 0.3) is 0 Å². The van der Waals surface area contributed by atoms with Crippen molar-refractivity contribution in [1.82, 2.24) is 4.98 Å². The van der Waals surface area contributed by atoms with Crippen LogP contribution in [-0.2, 0) is 16.1 Å². The minimum absolute atomic E-state index is 0.142. The molecule has 6 nitrogen and oxygen atoms in total. The fourth-order valence-corrected chi connectivity index (χ4v) is 2.62. The molecule has 25 heavy (non-hydrogen) atoms. The van der Waals surface area contributed by atoms with E-state index in [4.69, 9.17) is 14.9 Å². The molecule has 3 rings (SSSR count). The number of carbonyl (C=O) groups is 1. The fourth-order valence-electron chi connectivity index (χ4n) is 2.62. The molecule has 2 unspecified atom stereocenters. The average Bonchev–Trinajstić information content (AvgIpc) is 3.03. The van der Waals surface area contributed by atoms with E-state index in [1.807, 2.05) is 37.3 Å². The maximum Gasteiger partial charge on any atom is 0.229 e. The second-order valence-electron chi connectivity index (χ2n) is 5.94. The zero-order valence-corrected chi connectivity index (χ0v) is 14.2. The van der Waals surface area contributed by atoms with Crippen LogP contribution in [0.5, 0.6) is 0 Å². The van der Waals surface area contributed by atoms with Gasteiger partial charge >= 0.3 is 0 Å². The van der Waals surface area contributed by atoms with E-state index in [-0.39, 0.29) is 17.9 Å². The van der Waals surface area contributed by atoms with E-state index in [2.05, 4.69) is 10.3 Å². The maximum atomic E-state index is 12.5. The first-order valence-electron chi connectivity index (χ1n) is 8.08. The highest BCUT2D eigenvalue weighted by atomic mass is 16.5. The lowest BCUT2D eigenvalue weighted by atomic mass is 9.94. The highest BCUT2D eigenvalue weighted by Crippen LogP contribution is 2.23. The molecule has 0 spiro atoms. The predicted molar refractivity (Wildman–Crippen MR) is 95.9 cm³/mol. The normalized spacial score (nSPS) is 13.6. The Balaban J connectivity index is 1.72. The summed E-state index contributed by atoms with van der Waals surface area (Å²) in [5.41, 5.74) is 9.13. The number of hydrogen-bond donors (Lipinski definition) is 2. The second kappa shape index (κ2) is 7.46. The van der Waals surface area contributed by atoms with E-state index in [0.717, 1.165) is 5.56 Å². The highest BCUT2D eigenvalue weighted by molar-refractivity contribution is 5.94. The molecule has 3 N–H and O–H groups in total. The molecule has 0 aliphatic rings. The number of nitrogens with two attached hydrogens (primary N) is 1. The first-order chi connectivity index (χ1) is 12.1. The molecule has 1 aromatic heterocycles. The van der Waals surface area contributed by atoms with Crippen molar-refractivity contribution in [3.8, 4) is 0 Å². The molecule has 3 aromatic rings. The van der Waals surface area contributed by atoms with Crippen LogP contribution in [0.2, 0.25) is 0 Å². The summed E-state index contributed by atoms with van der Waals surface area (Å²) >= 11 is 0. The molecule has 2 aromatic carbocycles. The van der Waals surface area contributed by atoms with Gasteiger partial charge in [0.1, 0.15) is 12.1 Å². The summed E-state index contributed by atoms with van der Waals surface area (Å²) in [4.78, 5) is 16.8. The number of nitrogens with zero attached hydrogens (tertiary/aromatic N) is 1. The summed E-state index contributed by atoms with van der Waals surface area (Å²) in [5.74, 6) is -0.0174. The number of oxazole rings is 1. The lowest BCUT2D eigenvalue weighted by Crippen LogP contribution is -2.30. The van der Waals surface area contributed by atoms with E-state index < -0.39 is 0 Å². The van der Waals surface area contributed by atoms with Crippen molar-refractivity contribution in [3.63, 3.8) is 0 Å². The van der Waals surface area contributed by atoms with Gasteiger partial charge in [0.05, 0.1) is 5.92 Å². The largest absolute Gasteiger partial charge is 0.438 e. The van der Waals surface area contributed by atoms with Crippen LogP contribution in [0.1, 0.15) is 24.4 Å². The molecule has 0 saturated carbocycles. The molecular weight excluding hydrogens is 318 g/mol.